The van der Waals surface area contributed by atoms with Gasteiger partial charge < -0.3 is 22.9 Å². The Balaban J connectivity index is 4.66. The van der Waals surface area contributed by atoms with Crippen LogP contribution in [0.2, 0.25) is 6.04 Å². The highest BCUT2D eigenvalue weighted by Crippen LogP contribution is 2.20. The molecule has 0 fully saturated rings. The molecule has 140 valence electrons. The summed E-state index contributed by atoms with van der Waals surface area (Å²) in [6.45, 7) is 17.3. The molecule has 0 aromatic rings. The van der Waals surface area contributed by atoms with E-state index >= 15 is 0 Å². The van der Waals surface area contributed by atoms with Crippen LogP contribution in [-0.4, -0.2) is 71.0 Å². The molecule has 0 rings (SSSR count). The van der Waals surface area contributed by atoms with Crippen LogP contribution < -0.4 is 0 Å². The van der Waals surface area contributed by atoms with E-state index in [1.54, 1.807) is 0 Å². The standard InChI is InChI=1S/C17H40NO4Si/c1-6-18(7-2,14-11-12-16-19)15-13-17-23(20-8-3,21-9-4)22-10-5/h19H,6-17H2,1-5H3/q+1. The van der Waals surface area contributed by atoms with Crippen LogP contribution in [0.15, 0.2) is 0 Å². The summed E-state index contributed by atoms with van der Waals surface area (Å²) in [7, 11) is -2.51. The minimum absolute atomic E-state index is 0.294. The van der Waals surface area contributed by atoms with Gasteiger partial charge in [-0.15, -0.1) is 0 Å². The highest BCUT2D eigenvalue weighted by Gasteiger charge is 2.40. The Hall–Kier alpha value is 0.0169. The lowest BCUT2D eigenvalue weighted by Gasteiger charge is -2.38. The molecule has 0 bridgehead atoms. The van der Waals surface area contributed by atoms with Crippen LogP contribution in [0.1, 0.15) is 53.9 Å². The molecule has 0 aliphatic heterocycles. The second-order valence-corrected chi connectivity index (χ2v) is 8.67. The number of hydrogen-bond donors (Lipinski definition) is 1. The van der Waals surface area contributed by atoms with Crippen molar-refractivity contribution in [1.29, 1.82) is 0 Å². The summed E-state index contributed by atoms with van der Waals surface area (Å²) >= 11 is 0. The van der Waals surface area contributed by atoms with Crippen molar-refractivity contribution in [1.82, 2.24) is 0 Å². The lowest BCUT2D eigenvalue weighted by molar-refractivity contribution is -0.925. The van der Waals surface area contributed by atoms with Gasteiger partial charge in [0.2, 0.25) is 0 Å². The van der Waals surface area contributed by atoms with Gasteiger partial charge in [-0.3, -0.25) is 0 Å². The second kappa shape index (κ2) is 13.3. The SMILES string of the molecule is CCO[Si](CCC[N+](CC)(CC)CCCCO)(OCC)OCC. The van der Waals surface area contributed by atoms with Crippen molar-refractivity contribution in [2.45, 2.75) is 59.9 Å². The molecule has 6 heteroatoms. The van der Waals surface area contributed by atoms with Gasteiger partial charge in [-0.2, -0.15) is 0 Å². The summed E-state index contributed by atoms with van der Waals surface area (Å²) in [6.07, 6.45) is 3.05. The molecule has 1 N–H and O–H groups in total. The van der Waals surface area contributed by atoms with Crippen molar-refractivity contribution < 1.29 is 22.9 Å². The Bertz CT molecular complexity index is 258. The van der Waals surface area contributed by atoms with Gasteiger partial charge in [0.1, 0.15) is 0 Å². The minimum atomic E-state index is -2.51. The number of nitrogens with zero attached hydrogens (tertiary/aromatic N) is 1. The molecule has 0 amide bonds. The number of rotatable bonds is 16. The fraction of sp³-hybridized carbons (Fsp3) is 1.00. The van der Waals surface area contributed by atoms with Gasteiger partial charge in [0.05, 0.1) is 26.2 Å². The van der Waals surface area contributed by atoms with Gasteiger partial charge in [-0.05, 0) is 47.5 Å². The van der Waals surface area contributed by atoms with E-state index in [0.29, 0.717) is 26.4 Å². The zero-order valence-electron chi connectivity index (χ0n) is 16.1. The van der Waals surface area contributed by atoms with Crippen molar-refractivity contribution in [3.63, 3.8) is 0 Å². The molecule has 0 heterocycles. The normalized spacial score (nSPS) is 12.8. The van der Waals surface area contributed by atoms with Crippen molar-refractivity contribution in [3.8, 4) is 0 Å². The Kier molecular flexibility index (Phi) is 13.3. The summed E-state index contributed by atoms with van der Waals surface area (Å²) in [4.78, 5) is 0. The van der Waals surface area contributed by atoms with E-state index in [0.717, 1.165) is 56.0 Å². The summed E-state index contributed by atoms with van der Waals surface area (Å²) in [5, 5.41) is 9.02. The lowest BCUT2D eigenvalue weighted by atomic mass is 10.2. The smallest absolute Gasteiger partial charge is 0.396 e. The maximum atomic E-state index is 9.02. The summed E-state index contributed by atoms with van der Waals surface area (Å²) < 4.78 is 18.9. The highest BCUT2D eigenvalue weighted by atomic mass is 28.4. The molecule has 0 aliphatic carbocycles. The average Bonchev–Trinajstić information content (AvgIpc) is 2.54. The third kappa shape index (κ3) is 8.61. The molecule has 0 aliphatic rings. The fourth-order valence-corrected chi connectivity index (χ4v) is 5.75. The topological polar surface area (TPSA) is 47.9 Å². The first-order valence-electron chi connectivity index (χ1n) is 9.45. The van der Waals surface area contributed by atoms with Crippen LogP contribution in [0.3, 0.4) is 0 Å². The second-order valence-electron chi connectivity index (χ2n) is 5.94. The number of aliphatic hydroxyl groups is 1. The molecular formula is C17H40NO4Si+. The Labute approximate surface area is 144 Å². The first-order valence-corrected chi connectivity index (χ1v) is 11.4. The van der Waals surface area contributed by atoms with Crippen LogP contribution in [-0.2, 0) is 13.3 Å². The molecule has 0 unspecified atom stereocenters. The lowest BCUT2D eigenvalue weighted by Crippen LogP contribution is -2.51. The van der Waals surface area contributed by atoms with Crippen LogP contribution >= 0.6 is 0 Å². The van der Waals surface area contributed by atoms with E-state index in [2.05, 4.69) is 13.8 Å². The zero-order valence-corrected chi connectivity index (χ0v) is 17.1. The fourth-order valence-electron chi connectivity index (χ4n) is 3.16. The zero-order chi connectivity index (χ0) is 17.6. The molecule has 0 spiro atoms. The van der Waals surface area contributed by atoms with E-state index in [1.807, 2.05) is 20.8 Å². The predicted molar refractivity (Wildman–Crippen MR) is 97.5 cm³/mol. The molecular weight excluding hydrogens is 310 g/mol. The molecule has 0 aromatic heterocycles. The van der Waals surface area contributed by atoms with Gasteiger partial charge in [0.25, 0.3) is 0 Å². The van der Waals surface area contributed by atoms with E-state index < -0.39 is 8.80 Å². The first kappa shape index (κ1) is 23.0. The van der Waals surface area contributed by atoms with E-state index in [9.17, 15) is 0 Å². The Morgan fingerprint density at radius 3 is 1.61 bits per heavy atom. The number of unbranched alkanes of at least 4 members (excludes halogenated alkanes) is 1. The maximum absolute atomic E-state index is 9.02. The molecule has 0 radical (unpaired) electrons. The minimum Gasteiger partial charge on any atom is -0.396 e. The largest absolute Gasteiger partial charge is 0.501 e. The van der Waals surface area contributed by atoms with E-state index in [4.69, 9.17) is 18.4 Å². The van der Waals surface area contributed by atoms with Crippen LogP contribution in [0, 0.1) is 0 Å². The number of aliphatic hydroxyl groups excluding tert-OH is 1. The third-order valence-electron chi connectivity index (χ3n) is 4.59. The van der Waals surface area contributed by atoms with Crippen LogP contribution in [0.25, 0.3) is 0 Å². The summed E-state index contributed by atoms with van der Waals surface area (Å²) in [5.41, 5.74) is 0. The molecule has 23 heavy (non-hydrogen) atoms. The van der Waals surface area contributed by atoms with Gasteiger partial charge in [0, 0.05) is 38.9 Å². The van der Waals surface area contributed by atoms with Crippen LogP contribution in [0.4, 0.5) is 0 Å². The van der Waals surface area contributed by atoms with Gasteiger partial charge in [-0.25, -0.2) is 0 Å². The van der Waals surface area contributed by atoms with E-state index in [-0.39, 0.29) is 0 Å². The molecule has 0 saturated carbocycles. The van der Waals surface area contributed by atoms with E-state index in [1.165, 1.54) is 0 Å². The van der Waals surface area contributed by atoms with Gasteiger partial charge >= 0.3 is 8.80 Å². The van der Waals surface area contributed by atoms with Crippen molar-refractivity contribution in [2.75, 3.05) is 52.6 Å². The van der Waals surface area contributed by atoms with Gasteiger partial charge in [-0.1, -0.05) is 0 Å². The third-order valence-corrected chi connectivity index (χ3v) is 7.74. The maximum Gasteiger partial charge on any atom is 0.501 e. The summed E-state index contributed by atoms with van der Waals surface area (Å²) in [5.74, 6) is 0. The Morgan fingerprint density at radius 2 is 1.22 bits per heavy atom. The van der Waals surface area contributed by atoms with Crippen molar-refractivity contribution >= 4 is 8.80 Å². The number of hydrogen-bond acceptors (Lipinski definition) is 4. The molecule has 0 atom stereocenters. The van der Waals surface area contributed by atoms with Crippen molar-refractivity contribution in [3.05, 3.63) is 0 Å². The highest BCUT2D eigenvalue weighted by molar-refractivity contribution is 6.60. The van der Waals surface area contributed by atoms with Crippen LogP contribution in [0.5, 0.6) is 0 Å². The first-order chi connectivity index (χ1) is 11.1. The monoisotopic (exact) mass is 350 g/mol. The summed E-state index contributed by atoms with van der Waals surface area (Å²) in [6, 6.07) is 0.891. The molecule has 0 aromatic carbocycles. The predicted octanol–water partition coefficient (Wildman–Crippen LogP) is 3.05. The average molecular weight is 351 g/mol. The quantitative estimate of drug-likeness (QED) is 0.264. The Morgan fingerprint density at radius 1 is 0.739 bits per heavy atom. The molecule has 5 nitrogen and oxygen atoms in total. The molecule has 0 saturated heterocycles. The van der Waals surface area contributed by atoms with Gasteiger partial charge in [0.15, 0.2) is 0 Å². The number of quaternary nitrogens is 1. The van der Waals surface area contributed by atoms with Crippen molar-refractivity contribution in [2.24, 2.45) is 0 Å².